The average molecular weight is 1330 g/mol. The van der Waals surface area contributed by atoms with Crippen LogP contribution in [0, 0.1) is 0 Å². The molecule has 9 rings (SSSR count). The van der Waals surface area contributed by atoms with Crippen LogP contribution in [0.3, 0.4) is 0 Å². The van der Waals surface area contributed by atoms with E-state index in [0.29, 0.717) is 11.5 Å². The number of ether oxygens (including phenoxy) is 8. The summed E-state index contributed by atoms with van der Waals surface area (Å²) < 4.78 is 49.5. The molecule has 0 aliphatic heterocycles. The monoisotopic (exact) mass is 1320 g/mol. The maximum Gasteiger partial charge on any atom is 0.407 e. The molecule has 9 aromatic rings. The lowest BCUT2D eigenvalue weighted by atomic mass is 10.1. The second kappa shape index (κ2) is 37.8. The first kappa shape index (κ1) is 71.2. The van der Waals surface area contributed by atoms with Gasteiger partial charge in [0.15, 0.2) is 34.5 Å². The molecule has 0 aliphatic carbocycles. The maximum absolute atomic E-state index is 14.8. The summed E-state index contributed by atoms with van der Waals surface area (Å²) in [4.78, 5) is 71.9. The Hall–Kier alpha value is -11.2. The molecule has 0 atom stereocenters. The van der Waals surface area contributed by atoms with Crippen LogP contribution >= 0.6 is 0 Å². The molecule has 0 aliphatic rings. The fourth-order valence-corrected chi connectivity index (χ4v) is 10.1. The van der Waals surface area contributed by atoms with E-state index in [1.807, 2.05) is 187 Å². The third-order valence-corrected chi connectivity index (χ3v) is 15.0. The fourth-order valence-electron chi connectivity index (χ4n) is 10.1. The van der Waals surface area contributed by atoms with Gasteiger partial charge in [0.1, 0.15) is 45.2 Å². The lowest BCUT2D eigenvalue weighted by Gasteiger charge is -2.24. The molecule has 5 N–H and O–H groups in total. The zero-order valence-electron chi connectivity index (χ0n) is 55.5. The predicted molar refractivity (Wildman–Crippen MR) is 375 cm³/mol. The van der Waals surface area contributed by atoms with Crippen molar-refractivity contribution in [3.63, 3.8) is 0 Å². The van der Waals surface area contributed by atoms with Crippen molar-refractivity contribution in [2.45, 2.75) is 66.0 Å². The summed E-state index contributed by atoms with van der Waals surface area (Å²) in [5.41, 5.74) is 5.42. The Morgan fingerprint density at radius 1 is 0.306 bits per heavy atom. The van der Waals surface area contributed by atoms with Gasteiger partial charge in [-0.2, -0.15) is 0 Å². The normalized spacial score (nSPS) is 11.0. The van der Waals surface area contributed by atoms with Crippen LogP contribution in [0.1, 0.15) is 95.6 Å². The van der Waals surface area contributed by atoms with E-state index in [0.717, 1.165) is 33.4 Å². The minimum absolute atomic E-state index is 0.0293. The van der Waals surface area contributed by atoms with Gasteiger partial charge in [0.25, 0.3) is 23.6 Å². The van der Waals surface area contributed by atoms with Crippen molar-refractivity contribution in [3.8, 4) is 34.5 Å². The van der Waals surface area contributed by atoms with E-state index in [-0.39, 0.29) is 150 Å². The van der Waals surface area contributed by atoms with E-state index in [9.17, 15) is 24.0 Å². The van der Waals surface area contributed by atoms with Gasteiger partial charge in [-0.3, -0.25) is 24.1 Å². The number of para-hydroxylation sites is 2. The van der Waals surface area contributed by atoms with Gasteiger partial charge in [0.2, 0.25) is 0 Å². The van der Waals surface area contributed by atoms with Gasteiger partial charge in [-0.25, -0.2) is 4.79 Å². The number of carbonyl (C=O) groups is 5. The fraction of sp³-hybridized carbons (Fsp3) is 0.253. The van der Waals surface area contributed by atoms with Crippen molar-refractivity contribution in [3.05, 3.63) is 286 Å². The van der Waals surface area contributed by atoms with Crippen molar-refractivity contribution in [1.29, 1.82) is 0 Å². The van der Waals surface area contributed by atoms with E-state index in [1.165, 1.54) is 12.1 Å². The van der Waals surface area contributed by atoms with Crippen molar-refractivity contribution < 1.29 is 61.9 Å². The second-order valence-corrected chi connectivity index (χ2v) is 23.6. The Balaban J connectivity index is 0.936. The zero-order valence-corrected chi connectivity index (χ0v) is 55.5. The molecule has 0 unspecified atom stereocenters. The average Bonchev–Trinajstić information content (AvgIpc) is 0.811. The van der Waals surface area contributed by atoms with Gasteiger partial charge in [-0.05, 0) is 90.6 Å². The maximum atomic E-state index is 14.8. The molecule has 19 heteroatoms. The van der Waals surface area contributed by atoms with Gasteiger partial charge in [0, 0.05) is 52.4 Å². The van der Waals surface area contributed by atoms with Crippen LogP contribution in [0.15, 0.2) is 231 Å². The highest BCUT2D eigenvalue weighted by Gasteiger charge is 2.27. The standard InChI is InChI=1S/C79H84N6O13/c1-79(2,3)98-78(90)84-46-51-91-50-45-83-77(89)67-41-40-66(72(96-56-62-32-18-8-19-33-62)73(67)97-57-63-34-20-9-21-35-63)76(88)82-44-49-85(47-42-80-74(86)64-36-22-38-68(92-52-58-24-10-4-11-25-58)70(64)94-54-60-28-14-6-15-29-60)48-43-81-75(87)65-37-23-39-69(93-53-59-26-12-5-13-27-59)71(65)95-55-61-30-16-7-17-31-61/h4-41H,42-57H2,1-3H3,(H,80,86)(H,81,87)(H,82,88)(H,83,89)(H,84,90). The molecule has 5 amide bonds. The summed E-state index contributed by atoms with van der Waals surface area (Å²) in [5, 5.41) is 14.8. The molecule has 0 radical (unpaired) electrons. The molecule has 0 aromatic heterocycles. The summed E-state index contributed by atoms with van der Waals surface area (Å²) in [5.74, 6) is -0.353. The second-order valence-electron chi connectivity index (χ2n) is 23.6. The minimum Gasteiger partial charge on any atom is -0.485 e. The Labute approximate surface area is 572 Å². The Bertz CT molecular complexity index is 3810. The first-order chi connectivity index (χ1) is 47.8. The van der Waals surface area contributed by atoms with Gasteiger partial charge < -0.3 is 64.5 Å². The molecule has 0 heterocycles. The van der Waals surface area contributed by atoms with Crippen molar-refractivity contribution in [1.82, 2.24) is 31.5 Å². The van der Waals surface area contributed by atoms with Crippen LogP contribution < -0.4 is 55.0 Å². The Morgan fingerprint density at radius 3 is 0.898 bits per heavy atom. The summed E-state index contributed by atoms with van der Waals surface area (Å²) >= 11 is 0. The molecular formula is C79H84N6O13. The number of amides is 5. The van der Waals surface area contributed by atoms with Crippen LogP contribution in [0.25, 0.3) is 0 Å². The van der Waals surface area contributed by atoms with Gasteiger partial charge in [-0.15, -0.1) is 0 Å². The lowest BCUT2D eigenvalue weighted by molar-refractivity contribution is 0.0500. The highest BCUT2D eigenvalue weighted by atomic mass is 16.6. The summed E-state index contributed by atoms with van der Waals surface area (Å²) in [6.07, 6.45) is -0.562. The molecule has 98 heavy (non-hydrogen) atoms. The molecule has 19 nitrogen and oxygen atoms in total. The molecule has 508 valence electrons. The van der Waals surface area contributed by atoms with Crippen LogP contribution in [0.5, 0.6) is 34.5 Å². The first-order valence-corrected chi connectivity index (χ1v) is 32.7. The third-order valence-electron chi connectivity index (χ3n) is 15.0. The van der Waals surface area contributed by atoms with Gasteiger partial charge >= 0.3 is 6.09 Å². The van der Waals surface area contributed by atoms with Crippen LogP contribution in [0.4, 0.5) is 4.79 Å². The Kier molecular flexibility index (Phi) is 27.5. The Morgan fingerprint density at radius 2 is 0.582 bits per heavy atom. The molecule has 0 saturated carbocycles. The van der Waals surface area contributed by atoms with E-state index in [2.05, 4.69) is 26.6 Å². The molecule has 0 fully saturated rings. The van der Waals surface area contributed by atoms with Crippen LogP contribution in [0.2, 0.25) is 0 Å². The topological polar surface area (TPSA) is 223 Å². The number of hydrogen-bond acceptors (Lipinski definition) is 14. The summed E-state index contributed by atoms with van der Waals surface area (Å²) in [6.45, 7) is 8.04. The summed E-state index contributed by atoms with van der Waals surface area (Å²) in [6, 6.07) is 71.0. The minimum atomic E-state index is -0.648. The SMILES string of the molecule is CC(C)(C)OC(=O)NCCOCCNC(=O)c1ccc(C(=O)NCCN(CCNC(=O)c2cccc(OCc3ccccc3)c2OCc2ccccc2)CCNC(=O)c2cccc(OCc3ccccc3)c2OCc2ccccc2)c(OCc2ccccc2)c1OCc1ccccc1. The zero-order chi connectivity index (χ0) is 68.6. The number of carbonyl (C=O) groups excluding carboxylic acids is 5. The number of rotatable bonds is 37. The van der Waals surface area contributed by atoms with Crippen molar-refractivity contribution in [2.75, 3.05) is 65.6 Å². The first-order valence-electron chi connectivity index (χ1n) is 32.7. The molecule has 9 aromatic carbocycles. The van der Waals surface area contributed by atoms with Gasteiger partial charge in [-0.1, -0.05) is 194 Å². The lowest BCUT2D eigenvalue weighted by Crippen LogP contribution is -2.43. The predicted octanol–water partition coefficient (Wildman–Crippen LogP) is 12.3. The van der Waals surface area contributed by atoms with Crippen molar-refractivity contribution in [2.24, 2.45) is 0 Å². The molecular weight excluding hydrogens is 1240 g/mol. The number of hydrogen-bond donors (Lipinski definition) is 5. The molecule has 0 bridgehead atoms. The number of benzene rings is 9. The van der Waals surface area contributed by atoms with Crippen LogP contribution in [-0.4, -0.2) is 106 Å². The van der Waals surface area contributed by atoms with Crippen molar-refractivity contribution >= 4 is 29.7 Å². The quantitative estimate of drug-likeness (QED) is 0.0229. The summed E-state index contributed by atoms with van der Waals surface area (Å²) in [7, 11) is 0. The van der Waals surface area contributed by atoms with E-state index >= 15 is 0 Å². The largest absolute Gasteiger partial charge is 0.485 e. The third kappa shape index (κ3) is 23.1. The highest BCUT2D eigenvalue weighted by molar-refractivity contribution is 6.03. The highest BCUT2D eigenvalue weighted by Crippen LogP contribution is 2.38. The number of nitrogens with zero attached hydrogens (tertiary/aromatic N) is 1. The molecule has 0 saturated heterocycles. The van der Waals surface area contributed by atoms with E-state index in [4.69, 9.17) is 37.9 Å². The van der Waals surface area contributed by atoms with E-state index < -0.39 is 35.3 Å². The van der Waals surface area contributed by atoms with Gasteiger partial charge in [0.05, 0.1) is 35.5 Å². The van der Waals surface area contributed by atoms with Crippen LogP contribution in [-0.2, 0) is 49.1 Å². The molecule has 0 spiro atoms. The smallest absolute Gasteiger partial charge is 0.407 e. The number of alkyl carbamates (subject to hydrolysis) is 1. The van der Waals surface area contributed by atoms with E-state index in [1.54, 1.807) is 57.2 Å². The number of nitrogens with one attached hydrogen (secondary N) is 5.